The van der Waals surface area contributed by atoms with Crippen LogP contribution in [0.2, 0.25) is 0 Å². The Bertz CT molecular complexity index is 658. The molecule has 0 fully saturated rings. The summed E-state index contributed by atoms with van der Waals surface area (Å²) in [6.07, 6.45) is 0.137. The van der Waals surface area contributed by atoms with Crippen molar-refractivity contribution in [3.63, 3.8) is 0 Å². The molecule has 0 aliphatic carbocycles. The van der Waals surface area contributed by atoms with Gasteiger partial charge in [0.25, 0.3) is 0 Å². The van der Waals surface area contributed by atoms with Crippen molar-refractivity contribution in [1.29, 1.82) is 0 Å². The summed E-state index contributed by atoms with van der Waals surface area (Å²) in [5.74, 6) is -0.0916. The van der Waals surface area contributed by atoms with E-state index in [1.807, 2.05) is 24.3 Å². The van der Waals surface area contributed by atoms with Crippen LogP contribution in [0.25, 0.3) is 0 Å². The summed E-state index contributed by atoms with van der Waals surface area (Å²) >= 11 is 0. The second-order valence-electron chi connectivity index (χ2n) is 5.77. The molecule has 0 aliphatic rings. The van der Waals surface area contributed by atoms with Crippen LogP contribution < -0.4 is 0 Å². The third-order valence-corrected chi connectivity index (χ3v) is 4.06. The van der Waals surface area contributed by atoms with Gasteiger partial charge < -0.3 is 5.11 Å². The molecule has 5 nitrogen and oxygen atoms in total. The Morgan fingerprint density at radius 3 is 2.12 bits per heavy atom. The molecule has 0 heterocycles. The summed E-state index contributed by atoms with van der Waals surface area (Å²) in [4.78, 5) is 22.9. The van der Waals surface area contributed by atoms with Crippen LogP contribution in [0.3, 0.4) is 0 Å². The molecule has 0 spiro atoms. The number of Topliss-reactive ketones (excluding diaryl/α,β-unsaturated/α-hetero) is 1. The van der Waals surface area contributed by atoms with Crippen molar-refractivity contribution in [2.45, 2.75) is 37.8 Å². The van der Waals surface area contributed by atoms with Gasteiger partial charge in [-0.1, -0.05) is 60.7 Å². The van der Waals surface area contributed by atoms with Gasteiger partial charge in [0.1, 0.15) is 0 Å². The van der Waals surface area contributed by atoms with Crippen molar-refractivity contribution in [3.8, 4) is 0 Å². The fraction of sp³-hybridized carbons (Fsp3) is 0.316. The van der Waals surface area contributed by atoms with E-state index in [2.05, 4.69) is 0 Å². The average Bonchev–Trinajstić information content (AvgIpc) is 2.62. The number of rotatable bonds is 9. The minimum absolute atomic E-state index is 0.0916. The normalized spacial score (nSPS) is 13.2. The first kappa shape index (κ1) is 17.8. The Hall–Kier alpha value is -2.53. The zero-order valence-corrected chi connectivity index (χ0v) is 13.4. The Morgan fingerprint density at radius 1 is 0.958 bits per heavy atom. The van der Waals surface area contributed by atoms with Gasteiger partial charge in [0, 0.05) is 29.7 Å². The number of benzene rings is 2. The van der Waals surface area contributed by atoms with Crippen LogP contribution in [-0.4, -0.2) is 21.9 Å². The third kappa shape index (κ3) is 5.28. The SMILES string of the molecule is O=C(CCC(CC[C@H](O)c1ccccc1)[N+](=O)[O-])c1ccccc1. The molecule has 5 heteroatoms. The number of hydrogen-bond donors (Lipinski definition) is 1. The Kier molecular flexibility index (Phi) is 6.63. The van der Waals surface area contributed by atoms with Crippen molar-refractivity contribution >= 4 is 5.78 Å². The Labute approximate surface area is 141 Å². The van der Waals surface area contributed by atoms with Crippen molar-refractivity contribution < 1.29 is 14.8 Å². The van der Waals surface area contributed by atoms with E-state index < -0.39 is 12.1 Å². The van der Waals surface area contributed by atoms with Crippen LogP contribution in [0.4, 0.5) is 0 Å². The standard InChI is InChI=1S/C19H21NO4/c21-18(15-7-3-1-4-8-15)13-11-17(20(23)24)12-14-19(22)16-9-5-2-6-10-16/h1-10,17-18,21H,11-14H2/t17?,18-/m0/s1. The van der Waals surface area contributed by atoms with Crippen molar-refractivity contribution in [2.24, 2.45) is 0 Å². The molecule has 126 valence electrons. The molecule has 0 amide bonds. The van der Waals surface area contributed by atoms with Gasteiger partial charge in [-0.25, -0.2) is 0 Å². The Morgan fingerprint density at radius 2 is 1.54 bits per heavy atom. The van der Waals surface area contributed by atoms with Gasteiger partial charge in [-0.3, -0.25) is 14.9 Å². The van der Waals surface area contributed by atoms with E-state index in [0.29, 0.717) is 12.0 Å². The number of carbonyl (C=O) groups excluding carboxylic acids is 1. The summed E-state index contributed by atoms with van der Waals surface area (Å²) in [6, 6.07) is 17.1. The van der Waals surface area contributed by atoms with Crippen molar-refractivity contribution in [1.82, 2.24) is 0 Å². The molecule has 2 aromatic carbocycles. The maximum Gasteiger partial charge on any atom is 0.213 e. The molecule has 0 aliphatic heterocycles. The zero-order chi connectivity index (χ0) is 17.4. The average molecular weight is 327 g/mol. The second-order valence-corrected chi connectivity index (χ2v) is 5.77. The molecule has 0 saturated carbocycles. The van der Waals surface area contributed by atoms with Gasteiger partial charge in [-0.2, -0.15) is 0 Å². The van der Waals surface area contributed by atoms with E-state index in [-0.39, 0.29) is 30.0 Å². The van der Waals surface area contributed by atoms with Gasteiger partial charge >= 0.3 is 0 Å². The van der Waals surface area contributed by atoms with E-state index in [9.17, 15) is 20.0 Å². The molecule has 1 unspecified atom stereocenters. The first-order valence-electron chi connectivity index (χ1n) is 8.02. The van der Waals surface area contributed by atoms with Gasteiger partial charge in [-0.05, 0) is 12.0 Å². The quantitative estimate of drug-likeness (QED) is 0.431. The van der Waals surface area contributed by atoms with Crippen LogP contribution in [0.15, 0.2) is 60.7 Å². The number of aliphatic hydroxyl groups excluding tert-OH is 1. The molecule has 1 N–H and O–H groups in total. The maximum atomic E-state index is 12.1. The number of nitrogens with zero attached hydrogens (tertiary/aromatic N) is 1. The van der Waals surface area contributed by atoms with Crippen molar-refractivity contribution in [3.05, 3.63) is 81.9 Å². The summed E-state index contributed by atoms with van der Waals surface area (Å²) in [6.45, 7) is 0. The lowest BCUT2D eigenvalue weighted by Gasteiger charge is -2.13. The van der Waals surface area contributed by atoms with Crippen LogP contribution in [0, 0.1) is 10.1 Å². The lowest BCUT2D eigenvalue weighted by Crippen LogP contribution is -2.21. The highest BCUT2D eigenvalue weighted by Crippen LogP contribution is 2.21. The molecule has 0 radical (unpaired) electrons. The molecular weight excluding hydrogens is 306 g/mol. The predicted molar refractivity (Wildman–Crippen MR) is 91.4 cm³/mol. The molecule has 2 aromatic rings. The molecule has 24 heavy (non-hydrogen) atoms. The van der Waals surface area contributed by atoms with Crippen molar-refractivity contribution in [2.75, 3.05) is 0 Å². The fourth-order valence-electron chi connectivity index (χ4n) is 2.61. The highest BCUT2D eigenvalue weighted by molar-refractivity contribution is 5.95. The van der Waals surface area contributed by atoms with Crippen LogP contribution in [0.5, 0.6) is 0 Å². The van der Waals surface area contributed by atoms with E-state index in [1.165, 1.54) is 0 Å². The van der Waals surface area contributed by atoms with E-state index >= 15 is 0 Å². The zero-order valence-electron chi connectivity index (χ0n) is 13.4. The summed E-state index contributed by atoms with van der Waals surface area (Å²) in [5, 5.41) is 21.3. The monoisotopic (exact) mass is 327 g/mol. The lowest BCUT2D eigenvalue weighted by molar-refractivity contribution is -0.524. The molecule has 2 atom stereocenters. The molecule has 0 aromatic heterocycles. The second kappa shape index (κ2) is 8.93. The number of carbonyl (C=O) groups is 1. The summed E-state index contributed by atoms with van der Waals surface area (Å²) in [7, 11) is 0. The molecular formula is C19H21NO4. The summed E-state index contributed by atoms with van der Waals surface area (Å²) < 4.78 is 0. The summed E-state index contributed by atoms with van der Waals surface area (Å²) in [5.41, 5.74) is 1.32. The van der Waals surface area contributed by atoms with Gasteiger partial charge in [0.15, 0.2) is 5.78 Å². The van der Waals surface area contributed by atoms with Crippen LogP contribution in [0.1, 0.15) is 47.7 Å². The minimum atomic E-state index is -0.823. The van der Waals surface area contributed by atoms with E-state index in [4.69, 9.17) is 0 Å². The largest absolute Gasteiger partial charge is 0.388 e. The fourth-order valence-corrected chi connectivity index (χ4v) is 2.61. The molecule has 0 saturated heterocycles. The molecule has 0 bridgehead atoms. The van der Waals surface area contributed by atoms with Gasteiger partial charge in [-0.15, -0.1) is 0 Å². The van der Waals surface area contributed by atoms with Crippen LogP contribution >= 0.6 is 0 Å². The Balaban J connectivity index is 1.86. The first-order chi connectivity index (χ1) is 11.6. The predicted octanol–water partition coefficient (Wildman–Crippen LogP) is 3.81. The number of ketones is 1. The topological polar surface area (TPSA) is 80.4 Å². The van der Waals surface area contributed by atoms with Gasteiger partial charge in [0.05, 0.1) is 6.10 Å². The number of aliphatic hydroxyl groups is 1. The van der Waals surface area contributed by atoms with E-state index in [0.717, 1.165) is 5.56 Å². The first-order valence-corrected chi connectivity index (χ1v) is 8.02. The minimum Gasteiger partial charge on any atom is -0.388 e. The third-order valence-electron chi connectivity index (χ3n) is 4.06. The lowest BCUT2D eigenvalue weighted by atomic mass is 9.97. The number of nitro groups is 1. The highest BCUT2D eigenvalue weighted by Gasteiger charge is 2.23. The number of hydrogen-bond acceptors (Lipinski definition) is 4. The smallest absolute Gasteiger partial charge is 0.213 e. The maximum absolute atomic E-state index is 12.1. The highest BCUT2D eigenvalue weighted by atomic mass is 16.6. The van der Waals surface area contributed by atoms with Crippen LogP contribution in [-0.2, 0) is 0 Å². The molecule has 2 rings (SSSR count). The van der Waals surface area contributed by atoms with Gasteiger partial charge in [0.2, 0.25) is 6.04 Å². The van der Waals surface area contributed by atoms with E-state index in [1.54, 1.807) is 36.4 Å².